The predicted molar refractivity (Wildman–Crippen MR) is 77.4 cm³/mol. The molecule has 0 bridgehead atoms. The van der Waals surface area contributed by atoms with Gasteiger partial charge in [0, 0.05) is 12.6 Å². The van der Waals surface area contributed by atoms with Crippen molar-refractivity contribution in [1.29, 1.82) is 0 Å². The van der Waals surface area contributed by atoms with Crippen LogP contribution >= 0.6 is 0 Å². The molecule has 1 rings (SSSR count). The molecule has 0 heterocycles. The van der Waals surface area contributed by atoms with Gasteiger partial charge in [-0.2, -0.15) is 0 Å². The van der Waals surface area contributed by atoms with Crippen LogP contribution in [0, 0.1) is 10.1 Å². The van der Waals surface area contributed by atoms with E-state index in [1.807, 2.05) is 20.8 Å². The number of nitro groups is 1. The van der Waals surface area contributed by atoms with E-state index >= 15 is 0 Å². The Morgan fingerprint density at radius 3 is 2.55 bits per heavy atom. The van der Waals surface area contributed by atoms with Gasteiger partial charge in [0.1, 0.15) is 0 Å². The molecule has 0 radical (unpaired) electrons. The molecule has 1 N–H and O–H groups in total. The first-order chi connectivity index (χ1) is 9.63. The average Bonchev–Trinajstić information content (AvgIpc) is 2.43. The summed E-state index contributed by atoms with van der Waals surface area (Å²) in [7, 11) is 0. The van der Waals surface area contributed by atoms with Crippen molar-refractivity contribution in [3.8, 4) is 11.5 Å². The molecular formula is C14H22N2O4. The summed E-state index contributed by atoms with van der Waals surface area (Å²) in [6.07, 6.45) is 0.780. The summed E-state index contributed by atoms with van der Waals surface area (Å²) in [5.41, 5.74) is 0.767. The van der Waals surface area contributed by atoms with Gasteiger partial charge in [-0.3, -0.25) is 10.1 Å². The molecule has 0 spiro atoms. The minimum atomic E-state index is -0.428. The third kappa shape index (κ3) is 4.38. The Bertz CT molecular complexity index is 449. The standard InChI is InChI=1S/C14H22N2O4/c1-4-7-20-14-12(16(17)18)8-11(10-15-5-2)9-13(14)19-6-3/h8-9,15H,4-7,10H2,1-3H3. The Labute approximate surface area is 119 Å². The highest BCUT2D eigenvalue weighted by Crippen LogP contribution is 2.38. The molecule has 0 aliphatic carbocycles. The van der Waals surface area contributed by atoms with Crippen LogP contribution in [-0.4, -0.2) is 24.7 Å². The van der Waals surface area contributed by atoms with Gasteiger partial charge < -0.3 is 14.8 Å². The first kappa shape index (κ1) is 16.2. The highest BCUT2D eigenvalue weighted by molar-refractivity contribution is 5.58. The summed E-state index contributed by atoms with van der Waals surface area (Å²) in [4.78, 5) is 10.8. The minimum Gasteiger partial charge on any atom is -0.490 e. The van der Waals surface area contributed by atoms with Gasteiger partial charge >= 0.3 is 5.69 Å². The first-order valence-electron chi connectivity index (χ1n) is 6.91. The summed E-state index contributed by atoms with van der Waals surface area (Å²) in [5.74, 6) is 0.655. The summed E-state index contributed by atoms with van der Waals surface area (Å²) >= 11 is 0. The monoisotopic (exact) mass is 282 g/mol. The number of nitrogens with zero attached hydrogens (tertiary/aromatic N) is 1. The van der Waals surface area contributed by atoms with Gasteiger partial charge in [-0.15, -0.1) is 0 Å². The molecule has 20 heavy (non-hydrogen) atoms. The molecule has 0 unspecified atom stereocenters. The van der Waals surface area contributed by atoms with Crippen molar-refractivity contribution < 1.29 is 14.4 Å². The highest BCUT2D eigenvalue weighted by atomic mass is 16.6. The van der Waals surface area contributed by atoms with Gasteiger partial charge in [0.05, 0.1) is 18.1 Å². The van der Waals surface area contributed by atoms with Crippen LogP contribution in [0.5, 0.6) is 11.5 Å². The van der Waals surface area contributed by atoms with Crippen molar-refractivity contribution in [2.75, 3.05) is 19.8 Å². The quantitative estimate of drug-likeness (QED) is 0.557. The minimum absolute atomic E-state index is 0.0442. The molecule has 0 amide bonds. The zero-order valence-electron chi connectivity index (χ0n) is 12.3. The molecule has 0 saturated carbocycles. The number of benzene rings is 1. The predicted octanol–water partition coefficient (Wildman–Crippen LogP) is 2.89. The SMILES string of the molecule is CCCOc1c(OCC)cc(CNCC)cc1[N+](=O)[O-]. The van der Waals surface area contributed by atoms with E-state index in [4.69, 9.17) is 9.47 Å². The summed E-state index contributed by atoms with van der Waals surface area (Å²) in [6.45, 7) is 7.99. The summed E-state index contributed by atoms with van der Waals surface area (Å²) in [6, 6.07) is 3.33. The van der Waals surface area contributed by atoms with Crippen molar-refractivity contribution in [1.82, 2.24) is 5.32 Å². The van der Waals surface area contributed by atoms with E-state index in [0.717, 1.165) is 18.5 Å². The number of ether oxygens (including phenoxy) is 2. The molecule has 0 aliphatic heterocycles. The zero-order chi connectivity index (χ0) is 15.0. The topological polar surface area (TPSA) is 73.6 Å². The third-order valence-electron chi connectivity index (χ3n) is 2.62. The molecule has 6 nitrogen and oxygen atoms in total. The van der Waals surface area contributed by atoms with Crippen LogP contribution in [0.3, 0.4) is 0 Å². The lowest BCUT2D eigenvalue weighted by Gasteiger charge is -2.13. The molecule has 1 aromatic rings. The Balaban J connectivity index is 3.18. The van der Waals surface area contributed by atoms with E-state index in [9.17, 15) is 10.1 Å². The molecule has 0 fully saturated rings. The fraction of sp³-hybridized carbons (Fsp3) is 0.571. The molecule has 6 heteroatoms. The second-order valence-corrected chi connectivity index (χ2v) is 4.26. The smallest absolute Gasteiger partial charge is 0.315 e. The van der Waals surface area contributed by atoms with Crippen molar-refractivity contribution in [3.63, 3.8) is 0 Å². The zero-order valence-corrected chi connectivity index (χ0v) is 12.3. The molecule has 0 atom stereocenters. The van der Waals surface area contributed by atoms with Crippen LogP contribution in [0.25, 0.3) is 0 Å². The van der Waals surface area contributed by atoms with Gasteiger partial charge in [-0.1, -0.05) is 13.8 Å². The maximum Gasteiger partial charge on any atom is 0.315 e. The molecule has 112 valence electrons. The lowest BCUT2D eigenvalue weighted by atomic mass is 10.1. The normalized spacial score (nSPS) is 10.3. The van der Waals surface area contributed by atoms with E-state index in [-0.39, 0.29) is 11.4 Å². The fourth-order valence-corrected chi connectivity index (χ4v) is 1.76. The summed E-state index contributed by atoms with van der Waals surface area (Å²) in [5, 5.41) is 14.4. The Hall–Kier alpha value is -1.82. The van der Waals surface area contributed by atoms with E-state index < -0.39 is 4.92 Å². The third-order valence-corrected chi connectivity index (χ3v) is 2.62. The van der Waals surface area contributed by atoms with Crippen LogP contribution in [0.4, 0.5) is 5.69 Å². The van der Waals surface area contributed by atoms with E-state index in [1.165, 1.54) is 6.07 Å². The Morgan fingerprint density at radius 1 is 1.25 bits per heavy atom. The largest absolute Gasteiger partial charge is 0.490 e. The van der Waals surface area contributed by atoms with Crippen molar-refractivity contribution in [2.45, 2.75) is 33.7 Å². The lowest BCUT2D eigenvalue weighted by Crippen LogP contribution is -2.12. The number of rotatable bonds is 9. The first-order valence-corrected chi connectivity index (χ1v) is 6.91. The Morgan fingerprint density at radius 2 is 2.00 bits per heavy atom. The number of nitro benzene ring substituents is 1. The molecule has 0 aliphatic rings. The van der Waals surface area contributed by atoms with E-state index in [0.29, 0.717) is 25.5 Å². The maximum atomic E-state index is 11.2. The van der Waals surface area contributed by atoms with Crippen molar-refractivity contribution >= 4 is 5.69 Å². The second kappa shape index (κ2) is 8.37. The molecular weight excluding hydrogens is 260 g/mol. The van der Waals surface area contributed by atoms with E-state index in [1.54, 1.807) is 6.07 Å². The van der Waals surface area contributed by atoms with Crippen molar-refractivity contribution in [2.24, 2.45) is 0 Å². The number of hydrogen-bond donors (Lipinski definition) is 1. The van der Waals surface area contributed by atoms with E-state index in [2.05, 4.69) is 5.32 Å². The maximum absolute atomic E-state index is 11.2. The van der Waals surface area contributed by atoms with Crippen LogP contribution in [0.15, 0.2) is 12.1 Å². The van der Waals surface area contributed by atoms with Crippen LogP contribution in [0.2, 0.25) is 0 Å². The second-order valence-electron chi connectivity index (χ2n) is 4.26. The van der Waals surface area contributed by atoms with Crippen molar-refractivity contribution in [3.05, 3.63) is 27.8 Å². The van der Waals surface area contributed by atoms with Gasteiger partial charge in [-0.25, -0.2) is 0 Å². The highest BCUT2D eigenvalue weighted by Gasteiger charge is 2.22. The Kier molecular flexibility index (Phi) is 6.79. The lowest BCUT2D eigenvalue weighted by molar-refractivity contribution is -0.386. The van der Waals surface area contributed by atoms with Gasteiger partial charge in [0.15, 0.2) is 5.75 Å². The number of hydrogen-bond acceptors (Lipinski definition) is 5. The molecule has 1 aromatic carbocycles. The number of nitrogens with one attached hydrogen (secondary N) is 1. The van der Waals surface area contributed by atoms with Gasteiger partial charge in [0.25, 0.3) is 0 Å². The molecule has 0 aromatic heterocycles. The van der Waals surface area contributed by atoms with Crippen LogP contribution in [-0.2, 0) is 6.54 Å². The van der Waals surface area contributed by atoms with Gasteiger partial charge in [0.2, 0.25) is 5.75 Å². The molecule has 0 saturated heterocycles. The summed E-state index contributed by atoms with van der Waals surface area (Å²) < 4.78 is 11.0. The fourth-order valence-electron chi connectivity index (χ4n) is 1.76. The van der Waals surface area contributed by atoms with Crippen LogP contribution in [0.1, 0.15) is 32.8 Å². The average molecular weight is 282 g/mol. The van der Waals surface area contributed by atoms with Crippen LogP contribution < -0.4 is 14.8 Å². The van der Waals surface area contributed by atoms with Gasteiger partial charge in [-0.05, 0) is 31.5 Å².